The van der Waals surface area contributed by atoms with Crippen molar-refractivity contribution in [3.8, 4) is 11.4 Å². The van der Waals surface area contributed by atoms with Crippen LogP contribution in [0, 0.1) is 11.7 Å². The van der Waals surface area contributed by atoms with Crippen molar-refractivity contribution in [2.24, 2.45) is 5.92 Å². The number of halogens is 1. The molecular weight excluding hydrogens is 431 g/mol. The van der Waals surface area contributed by atoms with Gasteiger partial charge in [0.05, 0.1) is 12.9 Å². The number of amides is 2. The first-order valence-electron chi connectivity index (χ1n) is 10.6. The van der Waals surface area contributed by atoms with Gasteiger partial charge in [0.2, 0.25) is 11.7 Å². The Morgan fingerprint density at radius 3 is 2.64 bits per heavy atom. The molecule has 3 aromatic rings. The molecule has 0 aliphatic carbocycles. The predicted molar refractivity (Wildman–Crippen MR) is 116 cm³/mol. The number of aromatic nitrogens is 4. The van der Waals surface area contributed by atoms with E-state index in [2.05, 4.69) is 20.7 Å². The average molecular weight is 458 g/mol. The second kappa shape index (κ2) is 11.3. The zero-order valence-electron chi connectivity index (χ0n) is 18.5. The number of nitrogens with one attached hydrogen (secondary N) is 1. The lowest BCUT2D eigenvalue weighted by molar-refractivity contribution is -0.143. The zero-order valence-corrected chi connectivity index (χ0v) is 18.5. The van der Waals surface area contributed by atoms with Crippen molar-refractivity contribution in [3.05, 3.63) is 54.2 Å². The van der Waals surface area contributed by atoms with E-state index in [9.17, 15) is 19.1 Å². The molecule has 176 valence electrons. The molecule has 0 bridgehead atoms. The first kappa shape index (κ1) is 24.1. The molecule has 2 aromatic heterocycles. The molecule has 0 saturated heterocycles. The highest BCUT2D eigenvalue weighted by Crippen LogP contribution is 2.22. The van der Waals surface area contributed by atoms with Crippen LogP contribution in [0.4, 0.5) is 4.39 Å². The van der Waals surface area contributed by atoms with E-state index < -0.39 is 23.7 Å². The summed E-state index contributed by atoms with van der Waals surface area (Å²) in [6.45, 7) is 3.77. The summed E-state index contributed by atoms with van der Waals surface area (Å²) in [5.41, 5.74) is 0.542. The van der Waals surface area contributed by atoms with Crippen LogP contribution < -0.4 is 5.32 Å². The van der Waals surface area contributed by atoms with Gasteiger partial charge in [0.15, 0.2) is 6.04 Å². The van der Waals surface area contributed by atoms with E-state index in [1.165, 1.54) is 35.4 Å². The Kier molecular flexibility index (Phi) is 8.25. The monoisotopic (exact) mass is 458 g/mol. The van der Waals surface area contributed by atoms with Gasteiger partial charge in [0, 0.05) is 18.7 Å². The van der Waals surface area contributed by atoms with Crippen LogP contribution in [0.25, 0.3) is 11.4 Å². The summed E-state index contributed by atoms with van der Waals surface area (Å²) < 4.78 is 18.6. The number of carbonyl (C=O) groups excluding carboxylic acids is 2. The van der Waals surface area contributed by atoms with Crippen molar-refractivity contribution >= 4 is 11.8 Å². The summed E-state index contributed by atoms with van der Waals surface area (Å²) in [7, 11) is 0. The SMILES string of the molecule is CC(C)CCNC(=O)[C@@H](c1ccco1)N(CCO)C(=O)Cn1nnc(-c2ccc(F)cc2)n1. The van der Waals surface area contributed by atoms with Crippen molar-refractivity contribution in [2.75, 3.05) is 19.7 Å². The van der Waals surface area contributed by atoms with Gasteiger partial charge >= 0.3 is 0 Å². The van der Waals surface area contributed by atoms with Gasteiger partial charge in [0.25, 0.3) is 5.91 Å². The summed E-state index contributed by atoms with van der Waals surface area (Å²) in [5.74, 6) is -0.408. The summed E-state index contributed by atoms with van der Waals surface area (Å²) >= 11 is 0. The smallest absolute Gasteiger partial charge is 0.250 e. The minimum atomic E-state index is -1.06. The van der Waals surface area contributed by atoms with Gasteiger partial charge in [0.1, 0.15) is 18.1 Å². The van der Waals surface area contributed by atoms with E-state index in [4.69, 9.17) is 4.42 Å². The number of aliphatic hydroxyl groups is 1. The van der Waals surface area contributed by atoms with Crippen LogP contribution in [0.1, 0.15) is 32.1 Å². The van der Waals surface area contributed by atoms with Gasteiger partial charge in [-0.05, 0) is 54.0 Å². The molecule has 0 radical (unpaired) electrons. The maximum absolute atomic E-state index is 13.1. The third-order valence-electron chi connectivity index (χ3n) is 4.89. The Labute approximate surface area is 190 Å². The molecule has 0 saturated carbocycles. The van der Waals surface area contributed by atoms with Crippen molar-refractivity contribution in [2.45, 2.75) is 32.9 Å². The number of nitrogens with zero attached hydrogens (tertiary/aromatic N) is 5. The first-order chi connectivity index (χ1) is 15.9. The van der Waals surface area contributed by atoms with E-state index in [-0.39, 0.29) is 31.3 Å². The van der Waals surface area contributed by atoms with Gasteiger partial charge in [-0.2, -0.15) is 4.80 Å². The number of aliphatic hydroxyl groups excluding tert-OH is 1. The first-order valence-corrected chi connectivity index (χ1v) is 10.6. The fourth-order valence-electron chi connectivity index (χ4n) is 3.19. The van der Waals surface area contributed by atoms with Gasteiger partial charge in [-0.3, -0.25) is 9.59 Å². The molecule has 11 heteroatoms. The second-order valence-electron chi connectivity index (χ2n) is 7.85. The summed E-state index contributed by atoms with van der Waals surface area (Å²) in [4.78, 5) is 28.4. The van der Waals surface area contributed by atoms with Crippen LogP contribution in [0.15, 0.2) is 47.1 Å². The quantitative estimate of drug-likeness (QED) is 0.449. The van der Waals surface area contributed by atoms with Crippen LogP contribution in [0.3, 0.4) is 0 Å². The molecule has 0 fully saturated rings. The topological polar surface area (TPSA) is 126 Å². The highest BCUT2D eigenvalue weighted by molar-refractivity contribution is 5.88. The van der Waals surface area contributed by atoms with E-state index in [1.807, 2.05) is 13.8 Å². The van der Waals surface area contributed by atoms with E-state index >= 15 is 0 Å². The normalized spacial score (nSPS) is 12.0. The van der Waals surface area contributed by atoms with Crippen molar-refractivity contribution < 1.29 is 23.5 Å². The lowest BCUT2D eigenvalue weighted by Crippen LogP contribution is -2.46. The Hall–Kier alpha value is -3.60. The maximum atomic E-state index is 13.1. The van der Waals surface area contributed by atoms with Crippen molar-refractivity contribution in [1.29, 1.82) is 0 Å². The lowest BCUT2D eigenvalue weighted by Gasteiger charge is -2.29. The largest absolute Gasteiger partial charge is 0.467 e. The fraction of sp³-hybridized carbons (Fsp3) is 0.409. The summed E-state index contributed by atoms with van der Waals surface area (Å²) in [6.07, 6.45) is 2.19. The maximum Gasteiger partial charge on any atom is 0.250 e. The molecule has 2 heterocycles. The molecule has 2 N–H and O–H groups in total. The van der Waals surface area contributed by atoms with Gasteiger partial charge < -0.3 is 19.7 Å². The number of tetrazole rings is 1. The molecule has 1 atom stereocenters. The molecule has 0 unspecified atom stereocenters. The minimum Gasteiger partial charge on any atom is -0.467 e. The molecule has 10 nitrogen and oxygen atoms in total. The standard InChI is InChI=1S/C22H27FN6O4/c1-15(2)9-10-24-22(32)20(18-4-3-13-33-18)28(11-12-30)19(31)14-29-26-21(25-27-29)16-5-7-17(23)8-6-16/h3-8,13,15,20,30H,9-12,14H2,1-2H3,(H,24,32)/t20-/m1/s1. The van der Waals surface area contributed by atoms with Gasteiger partial charge in [-0.15, -0.1) is 10.2 Å². The number of furan rings is 1. The third-order valence-corrected chi connectivity index (χ3v) is 4.89. The van der Waals surface area contributed by atoms with Gasteiger partial charge in [-0.1, -0.05) is 13.8 Å². The van der Waals surface area contributed by atoms with E-state index in [0.717, 1.165) is 11.2 Å². The minimum absolute atomic E-state index is 0.0959. The zero-order chi connectivity index (χ0) is 23.8. The average Bonchev–Trinajstić information content (AvgIpc) is 3.46. The molecular formula is C22H27FN6O4. The Morgan fingerprint density at radius 2 is 2.00 bits per heavy atom. The number of hydrogen-bond acceptors (Lipinski definition) is 7. The number of rotatable bonds is 11. The van der Waals surface area contributed by atoms with Crippen LogP contribution in [0.5, 0.6) is 0 Å². The molecule has 0 spiro atoms. The third kappa shape index (κ3) is 6.45. The highest BCUT2D eigenvalue weighted by atomic mass is 19.1. The second-order valence-corrected chi connectivity index (χ2v) is 7.85. The lowest BCUT2D eigenvalue weighted by atomic mass is 10.1. The Bertz CT molecular complexity index is 1040. The number of benzene rings is 1. The predicted octanol–water partition coefficient (Wildman–Crippen LogP) is 1.80. The number of carbonyl (C=O) groups is 2. The van der Waals surface area contributed by atoms with Crippen LogP contribution in [-0.2, 0) is 16.1 Å². The van der Waals surface area contributed by atoms with E-state index in [0.29, 0.717) is 18.0 Å². The fourth-order valence-corrected chi connectivity index (χ4v) is 3.19. The van der Waals surface area contributed by atoms with Crippen molar-refractivity contribution in [3.63, 3.8) is 0 Å². The number of hydrogen-bond donors (Lipinski definition) is 2. The van der Waals surface area contributed by atoms with Crippen molar-refractivity contribution in [1.82, 2.24) is 30.4 Å². The molecule has 0 aliphatic rings. The van der Waals surface area contributed by atoms with Crippen LogP contribution in [-0.4, -0.2) is 61.7 Å². The highest BCUT2D eigenvalue weighted by Gasteiger charge is 2.33. The van der Waals surface area contributed by atoms with Crippen LogP contribution in [0.2, 0.25) is 0 Å². The molecule has 33 heavy (non-hydrogen) atoms. The summed E-state index contributed by atoms with van der Waals surface area (Å²) in [6, 6.07) is 7.72. The molecule has 1 aromatic carbocycles. The van der Waals surface area contributed by atoms with E-state index in [1.54, 1.807) is 12.1 Å². The molecule has 0 aliphatic heterocycles. The molecule has 3 rings (SSSR count). The summed E-state index contributed by atoms with van der Waals surface area (Å²) in [5, 5.41) is 24.4. The molecule has 2 amide bonds. The Morgan fingerprint density at radius 1 is 1.24 bits per heavy atom. The van der Waals surface area contributed by atoms with Gasteiger partial charge in [-0.25, -0.2) is 4.39 Å². The van der Waals surface area contributed by atoms with Crippen LogP contribution >= 0.6 is 0 Å². The Balaban J connectivity index is 1.77.